The molecule has 0 aliphatic carbocycles. The fraction of sp³-hybridized carbons (Fsp3) is 0.818. The molecule has 3 amide bonds. The number of rotatable bonds is 3. The van der Waals surface area contributed by atoms with Gasteiger partial charge in [-0.3, -0.25) is 14.6 Å². The average Bonchev–Trinajstić information content (AvgIpc) is 2.57. The molecule has 6 heteroatoms. The summed E-state index contributed by atoms with van der Waals surface area (Å²) in [7, 11) is 0. The van der Waals surface area contributed by atoms with Crippen LogP contribution in [0.25, 0.3) is 0 Å². The summed E-state index contributed by atoms with van der Waals surface area (Å²) < 4.78 is 0. The zero-order valence-corrected chi connectivity index (χ0v) is 10.5. The molecule has 2 aliphatic rings. The Hall–Kier alpha value is -1.14. The molecule has 96 valence electrons. The summed E-state index contributed by atoms with van der Waals surface area (Å²) in [6, 6.07) is -0.261. The van der Waals surface area contributed by atoms with Crippen molar-refractivity contribution in [1.29, 1.82) is 0 Å². The van der Waals surface area contributed by atoms with Gasteiger partial charge in [0.15, 0.2) is 0 Å². The lowest BCUT2D eigenvalue weighted by atomic mass is 10.0. The molecule has 0 bridgehead atoms. The molecular formula is C11H20N4O2. The number of imide groups is 1. The molecule has 0 aromatic carbocycles. The minimum Gasteiger partial charge on any atom is -0.329 e. The first-order valence-electron chi connectivity index (χ1n) is 6.05. The number of piperazine rings is 1. The van der Waals surface area contributed by atoms with E-state index in [0.29, 0.717) is 6.54 Å². The number of hydrogen-bond donors (Lipinski definition) is 2. The average molecular weight is 240 g/mol. The number of carbonyl (C=O) groups excluding carboxylic acids is 2. The summed E-state index contributed by atoms with van der Waals surface area (Å²) in [4.78, 5) is 26.4. The van der Waals surface area contributed by atoms with Crippen molar-refractivity contribution in [3.63, 3.8) is 0 Å². The first-order valence-corrected chi connectivity index (χ1v) is 6.05. The molecule has 6 nitrogen and oxygen atoms in total. The number of nitrogens with zero attached hydrogens (tertiary/aromatic N) is 2. The fourth-order valence-electron chi connectivity index (χ4n) is 2.34. The van der Waals surface area contributed by atoms with E-state index in [1.165, 1.54) is 4.90 Å². The molecule has 2 fully saturated rings. The highest BCUT2D eigenvalue weighted by Crippen LogP contribution is 2.15. The predicted molar refractivity (Wildman–Crippen MR) is 63.6 cm³/mol. The summed E-state index contributed by atoms with van der Waals surface area (Å²) in [5.41, 5.74) is 0.0809. The predicted octanol–water partition coefficient (Wildman–Crippen LogP) is -0.778. The van der Waals surface area contributed by atoms with Gasteiger partial charge < -0.3 is 10.6 Å². The number of amides is 3. The third-order valence-electron chi connectivity index (χ3n) is 3.50. The smallest absolute Gasteiger partial charge is 0.324 e. The first kappa shape index (κ1) is 12.3. The Morgan fingerprint density at radius 3 is 2.65 bits per heavy atom. The highest BCUT2D eigenvalue weighted by Gasteiger charge is 2.32. The Morgan fingerprint density at radius 2 is 2.06 bits per heavy atom. The molecule has 0 spiro atoms. The quantitative estimate of drug-likeness (QED) is 0.635. The maximum Gasteiger partial charge on any atom is 0.324 e. The molecule has 0 unspecified atom stereocenters. The van der Waals surface area contributed by atoms with Crippen molar-refractivity contribution in [2.75, 3.05) is 39.3 Å². The van der Waals surface area contributed by atoms with Gasteiger partial charge >= 0.3 is 6.03 Å². The van der Waals surface area contributed by atoms with E-state index >= 15 is 0 Å². The van der Waals surface area contributed by atoms with Crippen LogP contribution in [0.3, 0.4) is 0 Å². The van der Waals surface area contributed by atoms with Gasteiger partial charge in [-0.25, -0.2) is 4.79 Å². The third-order valence-corrected chi connectivity index (χ3v) is 3.50. The van der Waals surface area contributed by atoms with Gasteiger partial charge in [-0.05, 0) is 13.8 Å². The normalized spacial score (nSPS) is 25.2. The lowest BCUT2D eigenvalue weighted by molar-refractivity contribution is -0.125. The minimum atomic E-state index is -0.261. The van der Waals surface area contributed by atoms with E-state index in [1.807, 2.05) is 0 Å². The second-order valence-electron chi connectivity index (χ2n) is 5.18. The van der Waals surface area contributed by atoms with Crippen LogP contribution in [0.4, 0.5) is 4.79 Å². The maximum atomic E-state index is 11.4. The highest BCUT2D eigenvalue weighted by atomic mass is 16.2. The van der Waals surface area contributed by atoms with E-state index in [4.69, 9.17) is 0 Å². The monoisotopic (exact) mass is 240 g/mol. The van der Waals surface area contributed by atoms with Gasteiger partial charge in [0.05, 0.1) is 6.54 Å². The third kappa shape index (κ3) is 2.58. The van der Waals surface area contributed by atoms with Gasteiger partial charge in [0, 0.05) is 38.3 Å². The maximum absolute atomic E-state index is 11.4. The van der Waals surface area contributed by atoms with Crippen LogP contribution in [-0.2, 0) is 4.79 Å². The zero-order chi connectivity index (χ0) is 12.5. The van der Waals surface area contributed by atoms with Crippen molar-refractivity contribution in [2.45, 2.75) is 19.4 Å². The Morgan fingerprint density at radius 1 is 1.29 bits per heavy atom. The zero-order valence-electron chi connectivity index (χ0n) is 10.5. The molecule has 2 N–H and O–H groups in total. The molecule has 0 saturated carbocycles. The van der Waals surface area contributed by atoms with Crippen molar-refractivity contribution in [2.24, 2.45) is 0 Å². The Bertz CT molecular complexity index is 313. The van der Waals surface area contributed by atoms with E-state index in [9.17, 15) is 9.59 Å². The van der Waals surface area contributed by atoms with Crippen molar-refractivity contribution < 1.29 is 9.59 Å². The summed E-state index contributed by atoms with van der Waals surface area (Å²) >= 11 is 0. The Kier molecular flexibility index (Phi) is 3.35. The van der Waals surface area contributed by atoms with Gasteiger partial charge in [-0.15, -0.1) is 0 Å². The molecule has 17 heavy (non-hydrogen) atoms. The lowest BCUT2D eigenvalue weighted by Crippen LogP contribution is -2.59. The van der Waals surface area contributed by atoms with Gasteiger partial charge in [0.1, 0.15) is 0 Å². The van der Waals surface area contributed by atoms with Gasteiger partial charge in [-0.1, -0.05) is 0 Å². The van der Waals surface area contributed by atoms with Crippen molar-refractivity contribution >= 4 is 11.9 Å². The van der Waals surface area contributed by atoms with E-state index in [1.54, 1.807) is 0 Å². The number of hydrogen-bond acceptors (Lipinski definition) is 4. The van der Waals surface area contributed by atoms with E-state index in [-0.39, 0.29) is 24.0 Å². The van der Waals surface area contributed by atoms with Crippen molar-refractivity contribution in [1.82, 2.24) is 20.4 Å². The minimum absolute atomic E-state index is 0.0809. The first-order chi connectivity index (χ1) is 8.00. The Labute approximate surface area is 101 Å². The van der Waals surface area contributed by atoms with Crippen LogP contribution < -0.4 is 10.6 Å². The molecule has 0 aromatic rings. The van der Waals surface area contributed by atoms with Crippen molar-refractivity contribution in [3.8, 4) is 0 Å². The highest BCUT2D eigenvalue weighted by molar-refractivity contribution is 6.01. The molecular weight excluding hydrogens is 220 g/mol. The van der Waals surface area contributed by atoms with Gasteiger partial charge in [0.2, 0.25) is 5.91 Å². The second-order valence-corrected chi connectivity index (χ2v) is 5.18. The molecule has 0 aromatic heterocycles. The second kappa shape index (κ2) is 4.62. The molecule has 2 aliphatic heterocycles. The topological polar surface area (TPSA) is 64.7 Å². The summed E-state index contributed by atoms with van der Waals surface area (Å²) in [5.74, 6) is -0.122. The SMILES string of the molecule is CC1(C)CNCCN1CCN1C(=O)CNC1=O. The number of nitrogens with one attached hydrogen (secondary N) is 2. The number of carbonyl (C=O) groups is 2. The van der Waals surface area contributed by atoms with Crippen LogP contribution in [0.15, 0.2) is 0 Å². The largest absolute Gasteiger partial charge is 0.329 e. The standard InChI is InChI=1S/C11H20N4O2/c1-11(2)8-12-3-4-14(11)5-6-15-9(16)7-13-10(15)17/h12H,3-8H2,1-2H3,(H,13,17). The molecule has 0 radical (unpaired) electrons. The summed E-state index contributed by atoms with van der Waals surface area (Å²) in [6.45, 7) is 8.56. The van der Waals surface area contributed by atoms with Crippen LogP contribution in [0.1, 0.15) is 13.8 Å². The van der Waals surface area contributed by atoms with E-state index < -0.39 is 0 Å². The van der Waals surface area contributed by atoms with Crippen LogP contribution >= 0.6 is 0 Å². The van der Waals surface area contributed by atoms with Crippen LogP contribution in [-0.4, -0.2) is 66.5 Å². The Balaban J connectivity index is 1.89. The number of urea groups is 1. The molecule has 2 heterocycles. The van der Waals surface area contributed by atoms with Gasteiger partial charge in [0.25, 0.3) is 0 Å². The van der Waals surface area contributed by atoms with Gasteiger partial charge in [-0.2, -0.15) is 0 Å². The molecule has 2 rings (SSSR count). The molecule has 0 atom stereocenters. The van der Waals surface area contributed by atoms with Crippen LogP contribution in [0.2, 0.25) is 0 Å². The van der Waals surface area contributed by atoms with E-state index in [2.05, 4.69) is 29.4 Å². The summed E-state index contributed by atoms with van der Waals surface area (Å²) in [5, 5.41) is 5.88. The van der Waals surface area contributed by atoms with Crippen LogP contribution in [0, 0.1) is 0 Å². The molecule has 2 saturated heterocycles. The summed E-state index contributed by atoms with van der Waals surface area (Å²) in [6.07, 6.45) is 0. The van der Waals surface area contributed by atoms with Crippen LogP contribution in [0.5, 0.6) is 0 Å². The van der Waals surface area contributed by atoms with Crippen molar-refractivity contribution in [3.05, 3.63) is 0 Å². The van der Waals surface area contributed by atoms with E-state index in [0.717, 1.165) is 26.2 Å². The fourth-order valence-corrected chi connectivity index (χ4v) is 2.34. The lowest BCUT2D eigenvalue weighted by Gasteiger charge is -2.43.